The molecule has 3 N–H and O–H groups in total. The molecule has 5 heteroatoms. The number of rotatable bonds is 4. The number of hydrogen-bond donors (Lipinski definition) is 2. The Balaban J connectivity index is 2.56. The zero-order valence-electron chi connectivity index (χ0n) is 9.46. The molecule has 16 heavy (non-hydrogen) atoms. The first-order chi connectivity index (χ1) is 7.49. The Bertz CT molecular complexity index is 379. The molecule has 1 amide bonds. The molecule has 0 unspecified atom stereocenters. The first-order valence-electron chi connectivity index (χ1n) is 4.98. The summed E-state index contributed by atoms with van der Waals surface area (Å²) in [5, 5.41) is 3.20. The summed E-state index contributed by atoms with van der Waals surface area (Å²) < 4.78 is 0. The number of halogens is 1. The quantitative estimate of drug-likeness (QED) is 0.791. The number of benzene rings is 1. The predicted octanol–water partition coefficient (Wildman–Crippen LogP) is 1.81. The molecule has 0 saturated carbocycles. The summed E-state index contributed by atoms with van der Waals surface area (Å²) in [4.78, 5) is 13.5. The van der Waals surface area contributed by atoms with Gasteiger partial charge >= 0.3 is 0 Å². The van der Waals surface area contributed by atoms with E-state index in [9.17, 15) is 4.79 Å². The van der Waals surface area contributed by atoms with E-state index in [1.165, 1.54) is 0 Å². The Kier molecular flexibility index (Phi) is 4.58. The number of hydrogen-bond acceptors (Lipinski definition) is 3. The van der Waals surface area contributed by atoms with Gasteiger partial charge in [-0.2, -0.15) is 0 Å². The minimum absolute atomic E-state index is 0.0552. The van der Waals surface area contributed by atoms with Crippen molar-refractivity contribution in [1.82, 2.24) is 4.90 Å². The number of amides is 1. The van der Waals surface area contributed by atoms with Crippen LogP contribution in [-0.2, 0) is 4.79 Å². The van der Waals surface area contributed by atoms with Crippen LogP contribution in [0.15, 0.2) is 18.2 Å². The van der Waals surface area contributed by atoms with E-state index in [2.05, 4.69) is 5.32 Å². The third-order valence-electron chi connectivity index (χ3n) is 2.05. The highest BCUT2D eigenvalue weighted by Gasteiger charge is 2.06. The SMILES string of the molecule is CN(C)CCC(=O)Nc1ccc(N)cc1Cl. The lowest BCUT2D eigenvalue weighted by Gasteiger charge is -2.10. The second-order valence-corrected chi connectivity index (χ2v) is 4.25. The van der Waals surface area contributed by atoms with Crippen molar-refractivity contribution in [2.75, 3.05) is 31.7 Å². The Morgan fingerprint density at radius 1 is 1.50 bits per heavy atom. The number of nitrogen functional groups attached to an aromatic ring is 1. The van der Waals surface area contributed by atoms with Crippen LogP contribution in [0.5, 0.6) is 0 Å². The monoisotopic (exact) mass is 241 g/mol. The van der Waals surface area contributed by atoms with Gasteiger partial charge in [-0.1, -0.05) is 11.6 Å². The van der Waals surface area contributed by atoms with Gasteiger partial charge in [0.25, 0.3) is 0 Å². The van der Waals surface area contributed by atoms with Crippen LogP contribution in [0.2, 0.25) is 5.02 Å². The fourth-order valence-electron chi connectivity index (χ4n) is 1.17. The molecule has 1 rings (SSSR count). The molecule has 1 aromatic carbocycles. The standard InChI is InChI=1S/C11H16ClN3O/c1-15(2)6-5-11(16)14-10-4-3-8(13)7-9(10)12/h3-4,7H,5-6,13H2,1-2H3,(H,14,16). The van der Waals surface area contributed by atoms with E-state index in [1.807, 2.05) is 19.0 Å². The Hall–Kier alpha value is -1.26. The Labute approximate surface area is 100 Å². The van der Waals surface area contributed by atoms with E-state index in [4.69, 9.17) is 17.3 Å². The number of anilines is 2. The van der Waals surface area contributed by atoms with Crippen molar-refractivity contribution in [3.8, 4) is 0 Å². The summed E-state index contributed by atoms with van der Waals surface area (Å²) in [6.07, 6.45) is 0.438. The lowest BCUT2D eigenvalue weighted by atomic mass is 10.2. The van der Waals surface area contributed by atoms with Gasteiger partial charge in [-0.05, 0) is 32.3 Å². The molecule has 0 bridgehead atoms. The van der Waals surface area contributed by atoms with Crippen molar-refractivity contribution in [2.24, 2.45) is 0 Å². The summed E-state index contributed by atoms with van der Waals surface area (Å²) >= 11 is 5.93. The van der Waals surface area contributed by atoms with Gasteiger partial charge in [-0.15, -0.1) is 0 Å². The molecule has 0 aliphatic rings. The maximum Gasteiger partial charge on any atom is 0.225 e. The van der Waals surface area contributed by atoms with Crippen LogP contribution in [-0.4, -0.2) is 31.4 Å². The van der Waals surface area contributed by atoms with Gasteiger partial charge in [0, 0.05) is 18.7 Å². The molecular formula is C11H16ClN3O. The van der Waals surface area contributed by atoms with E-state index in [-0.39, 0.29) is 5.91 Å². The van der Waals surface area contributed by atoms with Crippen molar-refractivity contribution in [1.29, 1.82) is 0 Å². The van der Waals surface area contributed by atoms with Gasteiger partial charge < -0.3 is 16.0 Å². The second kappa shape index (κ2) is 5.72. The number of nitrogens with one attached hydrogen (secondary N) is 1. The molecule has 0 aliphatic carbocycles. The largest absolute Gasteiger partial charge is 0.399 e. The van der Waals surface area contributed by atoms with Crippen LogP contribution in [0, 0.1) is 0 Å². The van der Waals surface area contributed by atoms with Crippen LogP contribution in [0.3, 0.4) is 0 Å². The molecule has 0 aromatic heterocycles. The lowest BCUT2D eigenvalue weighted by Crippen LogP contribution is -2.20. The van der Waals surface area contributed by atoms with E-state index < -0.39 is 0 Å². The fraction of sp³-hybridized carbons (Fsp3) is 0.364. The smallest absolute Gasteiger partial charge is 0.225 e. The lowest BCUT2D eigenvalue weighted by molar-refractivity contribution is -0.116. The van der Waals surface area contributed by atoms with E-state index >= 15 is 0 Å². The van der Waals surface area contributed by atoms with Gasteiger partial charge in [-0.3, -0.25) is 4.79 Å². The van der Waals surface area contributed by atoms with Crippen molar-refractivity contribution in [3.05, 3.63) is 23.2 Å². The molecule has 0 saturated heterocycles. The minimum Gasteiger partial charge on any atom is -0.399 e. The van der Waals surface area contributed by atoms with Crippen LogP contribution in [0.4, 0.5) is 11.4 Å². The summed E-state index contributed by atoms with van der Waals surface area (Å²) in [5.41, 5.74) is 6.73. The predicted molar refractivity (Wildman–Crippen MR) is 67.7 cm³/mol. The second-order valence-electron chi connectivity index (χ2n) is 3.84. The maximum absolute atomic E-state index is 11.5. The Morgan fingerprint density at radius 2 is 2.19 bits per heavy atom. The van der Waals surface area contributed by atoms with Crippen molar-refractivity contribution >= 4 is 28.9 Å². The van der Waals surface area contributed by atoms with Gasteiger partial charge in [0.05, 0.1) is 10.7 Å². The van der Waals surface area contributed by atoms with Crippen LogP contribution >= 0.6 is 11.6 Å². The molecule has 1 aromatic rings. The van der Waals surface area contributed by atoms with E-state index in [1.54, 1.807) is 18.2 Å². The topological polar surface area (TPSA) is 58.4 Å². The van der Waals surface area contributed by atoms with Gasteiger partial charge in [0.15, 0.2) is 0 Å². The molecule has 0 aliphatic heterocycles. The van der Waals surface area contributed by atoms with Crippen LogP contribution in [0.1, 0.15) is 6.42 Å². The first kappa shape index (κ1) is 12.8. The molecule has 4 nitrogen and oxygen atoms in total. The maximum atomic E-state index is 11.5. The molecule has 0 heterocycles. The summed E-state index contributed by atoms with van der Waals surface area (Å²) in [5.74, 6) is -0.0552. The average Bonchev–Trinajstić information content (AvgIpc) is 2.19. The zero-order valence-corrected chi connectivity index (χ0v) is 10.2. The fourth-order valence-corrected chi connectivity index (χ4v) is 1.41. The molecular weight excluding hydrogens is 226 g/mol. The number of nitrogens with zero attached hydrogens (tertiary/aromatic N) is 1. The highest BCUT2D eigenvalue weighted by molar-refractivity contribution is 6.34. The van der Waals surface area contributed by atoms with Crippen LogP contribution in [0.25, 0.3) is 0 Å². The molecule has 0 fully saturated rings. The number of carbonyl (C=O) groups excluding carboxylic acids is 1. The van der Waals surface area contributed by atoms with Gasteiger partial charge in [-0.25, -0.2) is 0 Å². The van der Waals surface area contributed by atoms with E-state index in [0.717, 1.165) is 0 Å². The van der Waals surface area contributed by atoms with Crippen molar-refractivity contribution in [2.45, 2.75) is 6.42 Å². The highest BCUT2D eigenvalue weighted by Crippen LogP contribution is 2.23. The van der Waals surface area contributed by atoms with Crippen molar-refractivity contribution in [3.63, 3.8) is 0 Å². The van der Waals surface area contributed by atoms with E-state index in [0.29, 0.717) is 29.4 Å². The summed E-state index contributed by atoms with van der Waals surface area (Å²) in [6, 6.07) is 5.02. The first-order valence-corrected chi connectivity index (χ1v) is 5.36. The molecule has 0 spiro atoms. The third-order valence-corrected chi connectivity index (χ3v) is 2.37. The molecule has 0 atom stereocenters. The Morgan fingerprint density at radius 3 is 2.75 bits per heavy atom. The summed E-state index contributed by atoms with van der Waals surface area (Å²) in [7, 11) is 3.84. The third kappa shape index (κ3) is 4.08. The average molecular weight is 242 g/mol. The van der Waals surface area contributed by atoms with Crippen molar-refractivity contribution < 1.29 is 4.79 Å². The normalized spacial score (nSPS) is 10.5. The minimum atomic E-state index is -0.0552. The number of carbonyl (C=O) groups is 1. The zero-order chi connectivity index (χ0) is 12.1. The molecule has 0 radical (unpaired) electrons. The van der Waals surface area contributed by atoms with Gasteiger partial charge in [0.1, 0.15) is 0 Å². The molecule has 88 valence electrons. The number of nitrogens with two attached hydrogens (primary N) is 1. The highest BCUT2D eigenvalue weighted by atomic mass is 35.5. The summed E-state index contributed by atoms with van der Waals surface area (Å²) in [6.45, 7) is 0.707. The van der Waals surface area contributed by atoms with Crippen LogP contribution < -0.4 is 11.1 Å². The van der Waals surface area contributed by atoms with Gasteiger partial charge in [0.2, 0.25) is 5.91 Å².